The summed E-state index contributed by atoms with van der Waals surface area (Å²) in [4.78, 5) is 23.4. The maximum Gasteiger partial charge on any atom is 0.416 e. The molecule has 0 bridgehead atoms. The van der Waals surface area contributed by atoms with E-state index >= 15 is 0 Å². The van der Waals surface area contributed by atoms with E-state index in [4.69, 9.17) is 4.74 Å². The van der Waals surface area contributed by atoms with Gasteiger partial charge in [0.2, 0.25) is 5.78 Å². The fourth-order valence-electron chi connectivity index (χ4n) is 7.54. The van der Waals surface area contributed by atoms with E-state index in [-0.39, 0.29) is 17.6 Å². The van der Waals surface area contributed by atoms with E-state index in [1.54, 1.807) is 50.6 Å². The molecule has 416 valence electrons. The van der Waals surface area contributed by atoms with Crippen LogP contribution in [0.1, 0.15) is 79.1 Å². The van der Waals surface area contributed by atoms with Crippen LogP contribution in [0.15, 0.2) is 97.1 Å². The average Bonchev–Trinajstić information content (AvgIpc) is 3.23. The van der Waals surface area contributed by atoms with E-state index in [0.717, 1.165) is 0 Å². The number of alkyl halides is 24. The molecule has 5 aromatic carbocycles. The van der Waals surface area contributed by atoms with Crippen molar-refractivity contribution in [2.45, 2.75) is 69.4 Å². The Morgan fingerprint density at radius 2 is 0.592 bits per heavy atom. The summed E-state index contributed by atoms with van der Waals surface area (Å²) >= 11 is 0. The van der Waals surface area contributed by atoms with Gasteiger partial charge in [0.15, 0.2) is 5.75 Å². The van der Waals surface area contributed by atoms with Crippen molar-refractivity contribution >= 4 is 49.7 Å². The zero-order valence-corrected chi connectivity index (χ0v) is 39.0. The second kappa shape index (κ2) is 21.0. The van der Waals surface area contributed by atoms with Crippen molar-refractivity contribution in [2.24, 2.45) is 0 Å². The van der Waals surface area contributed by atoms with Crippen LogP contribution in [-0.4, -0.2) is 42.3 Å². The van der Waals surface area contributed by atoms with Crippen LogP contribution in [0.5, 0.6) is 0 Å². The van der Waals surface area contributed by atoms with Crippen molar-refractivity contribution < 1.29 is 124 Å². The van der Waals surface area contributed by atoms with E-state index in [0.29, 0.717) is 11.1 Å². The van der Waals surface area contributed by atoms with Gasteiger partial charge in [-0.05, 0) is 50.2 Å². The molecule has 0 aliphatic heterocycles. The molecule has 76 heavy (non-hydrogen) atoms. The lowest BCUT2D eigenvalue weighted by atomic mass is 9.12. The van der Waals surface area contributed by atoms with Crippen LogP contribution >= 0.6 is 0 Å². The molecule has 4 nitrogen and oxygen atoms in total. The Morgan fingerprint density at radius 3 is 0.763 bits per heavy atom. The number of esters is 1. The molecule has 0 radical (unpaired) electrons. The summed E-state index contributed by atoms with van der Waals surface area (Å²) in [6.07, 6.45) is -51.9. The molecule has 0 N–H and O–H groups in total. The Morgan fingerprint density at radius 1 is 0.395 bits per heavy atom. The molecule has 0 atom stereocenters. The van der Waals surface area contributed by atoms with E-state index in [1.807, 2.05) is 0 Å². The van der Waals surface area contributed by atoms with Gasteiger partial charge in [-0.25, -0.2) is 4.79 Å². The first kappa shape index (κ1) is 62.3. The van der Waals surface area contributed by atoms with Gasteiger partial charge in [-0.1, -0.05) is 60.7 Å². The Hall–Kier alpha value is -6.23. The number of ether oxygens (including phenoxy) is 1. The molecule has 0 aromatic heterocycles. The van der Waals surface area contributed by atoms with Crippen LogP contribution in [0.25, 0.3) is 0 Å². The zero-order chi connectivity index (χ0) is 58.5. The standard InChI is InChI=1S/C32H12BF24.C14H19O4S/c34-25(35,36)13-1-14(26(37,38)39)6-21(5-13)33(22-7-15(27(40,41)42)2-16(8-22)28(43,44)45,23-9-17(29(46,47)48)3-18(10-23)30(49,50)51)24-11-19(31(52,53)54)4-20(12-24)32(55,56)57;1-10(2)18-14(16)12-7-5-11(6-8-12)13(15)9-19(3,4)17/h1-12H;5-8,10H,9H2,1-4H3/q-1;+1. The summed E-state index contributed by atoms with van der Waals surface area (Å²) in [5.74, 6) is -0.578. The molecule has 0 spiro atoms. The molecule has 30 heteroatoms. The Balaban J connectivity index is 0.000000552. The van der Waals surface area contributed by atoms with E-state index in [1.165, 1.54) is 0 Å². The molecule has 0 fully saturated rings. The first-order valence-electron chi connectivity index (χ1n) is 20.6. The summed E-state index contributed by atoms with van der Waals surface area (Å²) < 4.78 is 357. The SMILES string of the molecule is CC(C)OC(=O)c1ccc(C(=O)C[S+](C)(C)=O)cc1.FC(F)(F)c1cc([B-](c2cc(C(F)(F)F)cc(C(F)(F)F)c2)(c2cc(C(F)(F)F)cc(C(F)(F)F)c2)c2cc(C(F)(F)F)cc(C(F)(F)F)c2)cc(C(F)(F)F)c1. The average molecular weight is 1150 g/mol. The molecule has 0 heterocycles. The minimum atomic E-state index is -6.13. The monoisotopic (exact) mass is 1150 g/mol. The summed E-state index contributed by atoms with van der Waals surface area (Å²) in [6, 6.07) is -2.60. The van der Waals surface area contributed by atoms with Crippen molar-refractivity contribution in [1.29, 1.82) is 0 Å². The largest absolute Gasteiger partial charge is 0.459 e. The number of hydrogen-bond donors (Lipinski definition) is 0. The van der Waals surface area contributed by atoms with E-state index < -0.39 is 211 Å². The maximum absolute atomic E-state index is 14.2. The zero-order valence-electron chi connectivity index (χ0n) is 38.2. The molecular weight excluding hydrogens is 1120 g/mol. The van der Waals surface area contributed by atoms with Crippen molar-refractivity contribution in [1.82, 2.24) is 0 Å². The highest BCUT2D eigenvalue weighted by atomic mass is 32.2. The van der Waals surface area contributed by atoms with Gasteiger partial charge in [0.05, 0.1) is 66.1 Å². The van der Waals surface area contributed by atoms with E-state index in [2.05, 4.69) is 0 Å². The third-order valence-corrected chi connectivity index (χ3v) is 11.7. The summed E-state index contributed by atoms with van der Waals surface area (Å²) in [7, 11) is -2.11. The highest BCUT2D eigenvalue weighted by Crippen LogP contribution is 2.41. The minimum absolute atomic E-state index is 0.0167. The van der Waals surface area contributed by atoms with Crippen LogP contribution in [-0.2, 0) is 68.3 Å². The number of rotatable bonds is 9. The molecule has 0 aliphatic rings. The lowest BCUT2D eigenvalue weighted by Crippen LogP contribution is -2.75. The Bertz CT molecular complexity index is 2550. The van der Waals surface area contributed by atoms with Gasteiger partial charge in [-0.15, -0.1) is 4.21 Å². The quantitative estimate of drug-likeness (QED) is 0.0485. The van der Waals surface area contributed by atoms with Gasteiger partial charge in [0, 0.05) is 5.56 Å². The molecule has 0 unspecified atom stereocenters. The number of halogens is 24. The molecule has 0 saturated heterocycles. The van der Waals surface area contributed by atoms with Gasteiger partial charge >= 0.3 is 55.4 Å². The second-order valence-corrected chi connectivity index (χ2v) is 20.4. The highest BCUT2D eigenvalue weighted by Gasteiger charge is 2.47. The van der Waals surface area contributed by atoms with Crippen LogP contribution < -0.4 is 21.9 Å². The number of ketones is 1. The number of carbonyl (C=O) groups excluding carboxylic acids is 2. The Kier molecular flexibility index (Phi) is 17.2. The number of carbonyl (C=O) groups is 2. The topological polar surface area (TPSA) is 60.4 Å². The van der Waals surface area contributed by atoms with Gasteiger partial charge in [0.25, 0.3) is 0 Å². The third kappa shape index (κ3) is 15.2. The van der Waals surface area contributed by atoms with Crippen molar-refractivity contribution in [3.05, 3.63) is 153 Å². The normalized spacial score (nSPS) is 13.6. The first-order valence-corrected chi connectivity index (χ1v) is 23.1. The molecule has 0 saturated carbocycles. The third-order valence-electron chi connectivity index (χ3n) is 10.7. The van der Waals surface area contributed by atoms with Crippen LogP contribution in [0, 0.1) is 0 Å². The predicted molar refractivity (Wildman–Crippen MR) is 226 cm³/mol. The minimum Gasteiger partial charge on any atom is -0.459 e. The van der Waals surface area contributed by atoms with Gasteiger partial charge in [-0.3, -0.25) is 4.79 Å². The number of benzene rings is 5. The molecule has 5 rings (SSSR count). The predicted octanol–water partition coefficient (Wildman–Crippen LogP) is 13.4. The number of Topliss-reactive ketones (excluding diaryl/α,β-unsaturated/α-hetero) is 1. The summed E-state index contributed by atoms with van der Waals surface area (Å²) in [5.41, 5.74) is -29.3. The lowest BCUT2D eigenvalue weighted by molar-refractivity contribution is -0.144. The van der Waals surface area contributed by atoms with Crippen LogP contribution in [0.2, 0.25) is 0 Å². The fraction of sp³-hybridized carbons (Fsp3) is 0.304. The van der Waals surface area contributed by atoms with Gasteiger partial charge < -0.3 is 4.74 Å². The summed E-state index contributed by atoms with van der Waals surface area (Å²) in [5, 5.41) is 0. The maximum atomic E-state index is 14.2. The molecule has 0 amide bonds. The van der Waals surface area contributed by atoms with Gasteiger partial charge in [-0.2, -0.15) is 127 Å². The number of hydrogen-bond acceptors (Lipinski definition) is 4. The van der Waals surface area contributed by atoms with Crippen LogP contribution in [0.4, 0.5) is 105 Å². The first-order chi connectivity index (χ1) is 33.9. The highest BCUT2D eigenvalue weighted by molar-refractivity contribution is 8.02. The summed E-state index contributed by atoms with van der Waals surface area (Å²) in [6.45, 7) is 3.55. The fourth-order valence-corrected chi connectivity index (χ4v) is 8.34. The smallest absolute Gasteiger partial charge is 0.416 e. The molecular formula is C46H31BF24O4S. The van der Waals surface area contributed by atoms with Gasteiger partial charge in [0.1, 0.15) is 18.7 Å². The van der Waals surface area contributed by atoms with E-state index in [9.17, 15) is 119 Å². The lowest BCUT2D eigenvalue weighted by Gasteiger charge is -2.46. The molecule has 5 aromatic rings. The van der Waals surface area contributed by atoms with Crippen LogP contribution in [0.3, 0.4) is 0 Å². The molecule has 0 aliphatic carbocycles. The van der Waals surface area contributed by atoms with Crippen molar-refractivity contribution in [3.63, 3.8) is 0 Å². The van der Waals surface area contributed by atoms with Crippen molar-refractivity contribution in [2.75, 3.05) is 18.3 Å². The Labute approximate surface area is 413 Å². The second-order valence-electron chi connectivity index (χ2n) is 17.3. The van der Waals surface area contributed by atoms with Crippen molar-refractivity contribution in [3.8, 4) is 0 Å².